The van der Waals surface area contributed by atoms with Gasteiger partial charge in [-0.1, -0.05) is 13.3 Å². The fourth-order valence-electron chi connectivity index (χ4n) is 0.581. The Morgan fingerprint density at radius 2 is 2.20 bits per heavy atom. The van der Waals surface area contributed by atoms with Gasteiger partial charge in [0.2, 0.25) is 0 Å². The molecule has 2 heteroatoms. The Kier molecular flexibility index (Phi) is 5.63. The third kappa shape index (κ3) is 5.22. The van der Waals surface area contributed by atoms with E-state index in [4.69, 9.17) is 0 Å². The molecule has 0 bridgehead atoms. The molecule has 0 radical (unpaired) electrons. The molecular formula is C8H12O2. The topological polar surface area (TPSA) is 34.1 Å². The zero-order valence-corrected chi connectivity index (χ0v) is 6.17. The number of unbranched alkanes of at least 4 members (excludes halogenated alkanes) is 1. The highest BCUT2D eigenvalue weighted by molar-refractivity contribution is 5.92. The number of hydrogen-bond acceptors (Lipinski definition) is 2. The quantitative estimate of drug-likeness (QED) is 0.428. The highest BCUT2D eigenvalue weighted by Gasteiger charge is 1.92. The zero-order valence-electron chi connectivity index (χ0n) is 6.17. The van der Waals surface area contributed by atoms with E-state index in [0.717, 1.165) is 12.8 Å². The molecule has 0 heterocycles. The van der Waals surface area contributed by atoms with Gasteiger partial charge in [-0.05, 0) is 18.6 Å². The molecule has 0 atom stereocenters. The fourth-order valence-corrected chi connectivity index (χ4v) is 0.581. The lowest BCUT2D eigenvalue weighted by atomic mass is 10.2. The normalized spacial score (nSPS) is 10.1. The molecule has 0 aromatic heterocycles. The fraction of sp³-hybridized carbons (Fsp3) is 0.500. The van der Waals surface area contributed by atoms with Crippen LogP contribution in [-0.2, 0) is 9.59 Å². The maximum Gasteiger partial charge on any atom is 0.155 e. The third-order valence-electron chi connectivity index (χ3n) is 1.14. The number of hydrogen-bond donors (Lipinski definition) is 0. The van der Waals surface area contributed by atoms with Crippen molar-refractivity contribution < 1.29 is 9.59 Å². The largest absolute Gasteiger partial charge is 0.299 e. The molecule has 0 aliphatic carbocycles. The van der Waals surface area contributed by atoms with E-state index in [9.17, 15) is 9.59 Å². The number of allylic oxidation sites excluding steroid dienone is 2. The van der Waals surface area contributed by atoms with Crippen LogP contribution in [0.2, 0.25) is 0 Å². The average Bonchev–Trinajstić information content (AvgIpc) is 1.97. The molecule has 56 valence electrons. The van der Waals surface area contributed by atoms with E-state index < -0.39 is 0 Å². The zero-order chi connectivity index (χ0) is 7.82. The van der Waals surface area contributed by atoms with Crippen LogP contribution in [0.3, 0.4) is 0 Å². The van der Waals surface area contributed by atoms with Crippen LogP contribution in [0.5, 0.6) is 0 Å². The van der Waals surface area contributed by atoms with Crippen molar-refractivity contribution >= 4 is 12.1 Å². The predicted octanol–water partition coefficient (Wildman–Crippen LogP) is 1.50. The first kappa shape index (κ1) is 9.08. The molecule has 2 nitrogen and oxygen atoms in total. The van der Waals surface area contributed by atoms with Crippen LogP contribution in [-0.4, -0.2) is 12.1 Å². The lowest BCUT2D eigenvalue weighted by molar-refractivity contribution is -0.115. The first-order chi connectivity index (χ1) is 4.81. The summed E-state index contributed by atoms with van der Waals surface area (Å²) in [5.74, 6) is 0.0361. The molecule has 10 heavy (non-hydrogen) atoms. The van der Waals surface area contributed by atoms with Gasteiger partial charge in [-0.15, -0.1) is 0 Å². The van der Waals surface area contributed by atoms with Gasteiger partial charge in [-0.3, -0.25) is 9.59 Å². The van der Waals surface area contributed by atoms with Gasteiger partial charge in [-0.25, -0.2) is 0 Å². The molecule has 0 aromatic rings. The van der Waals surface area contributed by atoms with Gasteiger partial charge < -0.3 is 0 Å². The number of aldehydes is 1. The smallest absolute Gasteiger partial charge is 0.155 e. The van der Waals surface area contributed by atoms with Crippen molar-refractivity contribution in [3.8, 4) is 0 Å². The molecule has 0 aromatic carbocycles. The molecule has 0 spiro atoms. The number of carbonyl (C=O) groups excluding carboxylic acids is 2. The van der Waals surface area contributed by atoms with Crippen LogP contribution in [0.25, 0.3) is 0 Å². The molecular weight excluding hydrogens is 128 g/mol. The molecule has 0 unspecified atom stereocenters. The Bertz CT molecular complexity index is 136. The summed E-state index contributed by atoms with van der Waals surface area (Å²) in [5.41, 5.74) is 0. The summed E-state index contributed by atoms with van der Waals surface area (Å²) in [5, 5.41) is 0. The van der Waals surface area contributed by atoms with Crippen molar-refractivity contribution in [3.63, 3.8) is 0 Å². The lowest BCUT2D eigenvalue weighted by Crippen LogP contribution is -1.90. The third-order valence-corrected chi connectivity index (χ3v) is 1.14. The Labute approximate surface area is 60.9 Å². The van der Waals surface area contributed by atoms with Crippen molar-refractivity contribution in [1.82, 2.24) is 0 Å². The second-order valence-electron chi connectivity index (χ2n) is 2.07. The van der Waals surface area contributed by atoms with Crippen LogP contribution >= 0.6 is 0 Å². The van der Waals surface area contributed by atoms with Crippen molar-refractivity contribution in [1.29, 1.82) is 0 Å². The Morgan fingerprint density at radius 3 is 2.70 bits per heavy atom. The van der Waals surface area contributed by atoms with Crippen molar-refractivity contribution in [2.24, 2.45) is 0 Å². The maximum atomic E-state index is 10.7. The summed E-state index contributed by atoms with van der Waals surface area (Å²) in [6.07, 6.45) is 5.65. The van der Waals surface area contributed by atoms with Gasteiger partial charge >= 0.3 is 0 Å². The standard InChI is InChI=1S/C8H12O2/c1-2-3-5-8(10)6-4-7-9/h4,6-7H,2-3,5H2,1H3/b6-4+. The second-order valence-corrected chi connectivity index (χ2v) is 2.07. The number of ketones is 1. The van der Waals surface area contributed by atoms with Crippen LogP contribution in [0.1, 0.15) is 26.2 Å². The summed E-state index contributed by atoms with van der Waals surface area (Å²) >= 11 is 0. The van der Waals surface area contributed by atoms with E-state index in [2.05, 4.69) is 0 Å². The summed E-state index contributed by atoms with van der Waals surface area (Å²) in [6.45, 7) is 2.02. The van der Waals surface area contributed by atoms with Gasteiger partial charge in [0, 0.05) is 6.42 Å². The number of carbonyl (C=O) groups is 2. The van der Waals surface area contributed by atoms with Crippen LogP contribution in [0.4, 0.5) is 0 Å². The van der Waals surface area contributed by atoms with Gasteiger partial charge in [0.1, 0.15) is 6.29 Å². The first-order valence-electron chi connectivity index (χ1n) is 3.46. The minimum atomic E-state index is 0.0361. The Hall–Kier alpha value is -0.920. The van der Waals surface area contributed by atoms with Crippen molar-refractivity contribution in [3.05, 3.63) is 12.2 Å². The summed E-state index contributed by atoms with van der Waals surface area (Å²) in [7, 11) is 0. The maximum absolute atomic E-state index is 10.7. The van der Waals surface area contributed by atoms with Gasteiger partial charge in [0.05, 0.1) is 0 Å². The molecule has 0 saturated carbocycles. The summed E-state index contributed by atoms with van der Waals surface area (Å²) in [4.78, 5) is 20.5. The highest BCUT2D eigenvalue weighted by atomic mass is 16.1. The molecule has 0 saturated heterocycles. The molecule has 0 N–H and O–H groups in total. The Morgan fingerprint density at radius 1 is 1.50 bits per heavy atom. The molecule has 0 amide bonds. The van der Waals surface area contributed by atoms with Gasteiger partial charge in [0.25, 0.3) is 0 Å². The molecule has 0 rings (SSSR count). The van der Waals surface area contributed by atoms with Crippen LogP contribution in [0.15, 0.2) is 12.2 Å². The molecule has 0 aliphatic heterocycles. The minimum absolute atomic E-state index is 0.0361. The lowest BCUT2D eigenvalue weighted by Gasteiger charge is -1.88. The van der Waals surface area contributed by atoms with E-state index in [1.165, 1.54) is 12.2 Å². The SMILES string of the molecule is CCCCC(=O)/C=C/C=O. The molecule has 0 fully saturated rings. The summed E-state index contributed by atoms with van der Waals surface area (Å²) < 4.78 is 0. The van der Waals surface area contributed by atoms with Crippen LogP contribution < -0.4 is 0 Å². The monoisotopic (exact) mass is 140 g/mol. The van der Waals surface area contributed by atoms with E-state index >= 15 is 0 Å². The minimum Gasteiger partial charge on any atom is -0.299 e. The van der Waals surface area contributed by atoms with E-state index in [-0.39, 0.29) is 5.78 Å². The van der Waals surface area contributed by atoms with E-state index in [1.807, 2.05) is 6.92 Å². The first-order valence-corrected chi connectivity index (χ1v) is 3.46. The average molecular weight is 140 g/mol. The Balaban J connectivity index is 3.43. The summed E-state index contributed by atoms with van der Waals surface area (Å²) in [6, 6.07) is 0. The van der Waals surface area contributed by atoms with Gasteiger partial charge in [0.15, 0.2) is 5.78 Å². The predicted molar refractivity (Wildman–Crippen MR) is 39.7 cm³/mol. The highest BCUT2D eigenvalue weighted by Crippen LogP contribution is 1.95. The van der Waals surface area contributed by atoms with Crippen LogP contribution in [0, 0.1) is 0 Å². The van der Waals surface area contributed by atoms with E-state index in [1.54, 1.807) is 0 Å². The molecule has 0 aliphatic rings. The number of rotatable bonds is 5. The van der Waals surface area contributed by atoms with Crippen molar-refractivity contribution in [2.75, 3.05) is 0 Å². The van der Waals surface area contributed by atoms with E-state index in [0.29, 0.717) is 12.7 Å². The van der Waals surface area contributed by atoms with Crippen molar-refractivity contribution in [2.45, 2.75) is 26.2 Å². The van der Waals surface area contributed by atoms with Gasteiger partial charge in [-0.2, -0.15) is 0 Å². The second kappa shape index (κ2) is 6.20.